The number of nitrogens with one attached hydrogen (secondary N) is 1. The Bertz CT molecular complexity index is 594. The number of anilines is 2. The van der Waals surface area contributed by atoms with Gasteiger partial charge in [-0.15, -0.1) is 0 Å². The van der Waals surface area contributed by atoms with Crippen LogP contribution in [-0.2, 0) is 0 Å². The number of benzene rings is 1. The van der Waals surface area contributed by atoms with Gasteiger partial charge in [0.15, 0.2) is 0 Å². The molecule has 0 radical (unpaired) electrons. The molecule has 1 N–H and O–H groups in total. The quantitative estimate of drug-likeness (QED) is 0.831. The van der Waals surface area contributed by atoms with Gasteiger partial charge in [-0.2, -0.15) is 0 Å². The number of nitrogens with zero attached hydrogens (tertiary/aromatic N) is 2. The summed E-state index contributed by atoms with van der Waals surface area (Å²) < 4.78 is 0. The molecular weight excluding hydrogens is 258 g/mol. The van der Waals surface area contributed by atoms with Crippen molar-refractivity contribution in [2.45, 2.75) is 33.6 Å². The van der Waals surface area contributed by atoms with Crippen LogP contribution in [0.3, 0.4) is 0 Å². The fourth-order valence-electron chi connectivity index (χ4n) is 1.74. The third kappa shape index (κ3) is 3.24. The van der Waals surface area contributed by atoms with E-state index in [-0.39, 0.29) is 5.92 Å². The fraction of sp³-hybridized carbons (Fsp3) is 0.333. The van der Waals surface area contributed by atoms with Crippen LogP contribution in [0, 0.1) is 13.8 Å². The predicted molar refractivity (Wildman–Crippen MR) is 80.3 cm³/mol. The molecule has 19 heavy (non-hydrogen) atoms. The maximum Gasteiger partial charge on any atom is 0.138 e. The molecule has 0 unspecified atom stereocenters. The van der Waals surface area contributed by atoms with Crippen molar-refractivity contribution in [2.24, 2.45) is 0 Å². The summed E-state index contributed by atoms with van der Waals surface area (Å²) >= 11 is 6.17. The highest BCUT2D eigenvalue weighted by molar-refractivity contribution is 6.30. The first-order valence-corrected chi connectivity index (χ1v) is 6.73. The average Bonchev–Trinajstić information content (AvgIpc) is 2.34. The summed E-state index contributed by atoms with van der Waals surface area (Å²) in [4.78, 5) is 8.86. The van der Waals surface area contributed by atoms with E-state index in [1.54, 1.807) is 0 Å². The van der Waals surface area contributed by atoms with E-state index in [4.69, 9.17) is 11.6 Å². The summed E-state index contributed by atoms with van der Waals surface area (Å²) in [6.45, 7) is 8.09. The first-order valence-electron chi connectivity index (χ1n) is 6.35. The van der Waals surface area contributed by atoms with Crippen LogP contribution in [0.4, 0.5) is 11.5 Å². The van der Waals surface area contributed by atoms with Crippen molar-refractivity contribution in [3.8, 4) is 0 Å². The highest BCUT2D eigenvalue weighted by Gasteiger charge is 2.11. The van der Waals surface area contributed by atoms with Gasteiger partial charge in [0.2, 0.25) is 0 Å². The zero-order chi connectivity index (χ0) is 14.0. The third-order valence-corrected chi connectivity index (χ3v) is 3.27. The molecule has 100 valence electrons. The minimum atomic E-state index is 0.246. The van der Waals surface area contributed by atoms with E-state index < -0.39 is 0 Å². The molecule has 2 aromatic rings. The summed E-state index contributed by atoms with van der Waals surface area (Å²) in [6, 6.07) is 8.16. The Morgan fingerprint density at radius 2 is 1.89 bits per heavy atom. The topological polar surface area (TPSA) is 37.8 Å². The summed E-state index contributed by atoms with van der Waals surface area (Å²) in [5, 5.41) is 3.82. The Morgan fingerprint density at radius 3 is 2.53 bits per heavy atom. The zero-order valence-electron chi connectivity index (χ0n) is 11.7. The lowest BCUT2D eigenvalue weighted by molar-refractivity contribution is 0.773. The molecule has 0 saturated heterocycles. The molecule has 0 spiro atoms. The molecule has 0 aliphatic rings. The Morgan fingerprint density at radius 1 is 1.16 bits per heavy atom. The number of aromatic nitrogens is 2. The van der Waals surface area contributed by atoms with Crippen molar-refractivity contribution in [3.05, 3.63) is 46.4 Å². The lowest BCUT2D eigenvalue weighted by Gasteiger charge is -2.13. The van der Waals surface area contributed by atoms with Crippen LogP contribution in [0.25, 0.3) is 0 Å². The van der Waals surface area contributed by atoms with Crippen LogP contribution >= 0.6 is 11.6 Å². The molecule has 0 bridgehead atoms. The van der Waals surface area contributed by atoms with Gasteiger partial charge in [0, 0.05) is 17.2 Å². The molecule has 0 atom stereocenters. The van der Waals surface area contributed by atoms with E-state index in [1.807, 2.05) is 19.1 Å². The molecule has 0 amide bonds. The summed E-state index contributed by atoms with van der Waals surface area (Å²) in [5.74, 6) is 1.77. The second kappa shape index (κ2) is 5.57. The Kier molecular flexibility index (Phi) is 4.05. The van der Waals surface area contributed by atoms with Gasteiger partial charge in [0.05, 0.1) is 0 Å². The van der Waals surface area contributed by atoms with Crippen LogP contribution in [-0.4, -0.2) is 9.97 Å². The molecule has 0 aliphatic heterocycles. The van der Waals surface area contributed by atoms with Crippen molar-refractivity contribution < 1.29 is 0 Å². The van der Waals surface area contributed by atoms with Crippen molar-refractivity contribution in [1.82, 2.24) is 9.97 Å². The van der Waals surface area contributed by atoms with E-state index in [9.17, 15) is 0 Å². The number of rotatable bonds is 3. The van der Waals surface area contributed by atoms with E-state index in [0.717, 1.165) is 22.9 Å². The second-order valence-electron chi connectivity index (χ2n) is 5.00. The molecule has 0 saturated carbocycles. The van der Waals surface area contributed by atoms with Gasteiger partial charge in [0.25, 0.3) is 0 Å². The number of hydrogen-bond donors (Lipinski definition) is 1. The molecule has 3 nitrogen and oxygen atoms in total. The molecule has 4 heteroatoms. The van der Waals surface area contributed by atoms with E-state index >= 15 is 0 Å². The molecule has 0 aliphatic carbocycles. The van der Waals surface area contributed by atoms with E-state index in [0.29, 0.717) is 5.15 Å². The second-order valence-corrected chi connectivity index (χ2v) is 5.35. The number of hydrogen-bond acceptors (Lipinski definition) is 3. The van der Waals surface area contributed by atoms with Crippen molar-refractivity contribution in [3.63, 3.8) is 0 Å². The third-order valence-electron chi connectivity index (χ3n) is 2.90. The van der Waals surface area contributed by atoms with Gasteiger partial charge in [-0.3, -0.25) is 0 Å². The van der Waals surface area contributed by atoms with Crippen LogP contribution in [0.15, 0.2) is 24.3 Å². The minimum absolute atomic E-state index is 0.246. The Labute approximate surface area is 119 Å². The Balaban J connectivity index is 2.39. The highest BCUT2D eigenvalue weighted by Crippen LogP contribution is 2.25. The first-order chi connectivity index (χ1) is 8.97. The lowest BCUT2D eigenvalue weighted by Crippen LogP contribution is -2.05. The van der Waals surface area contributed by atoms with Gasteiger partial charge >= 0.3 is 0 Å². The fourth-order valence-corrected chi connectivity index (χ4v) is 1.92. The molecule has 1 aromatic carbocycles. The van der Waals surface area contributed by atoms with Crippen LogP contribution < -0.4 is 5.32 Å². The standard InChI is InChI=1S/C15H18ClN3/c1-9(2)14-18-13(16)11(4)15(19-14)17-12-7-5-6-10(3)8-12/h5-9H,1-4H3,(H,17,18,19). The summed E-state index contributed by atoms with van der Waals surface area (Å²) in [5.41, 5.74) is 3.08. The van der Waals surface area contributed by atoms with Gasteiger partial charge in [-0.05, 0) is 31.5 Å². The predicted octanol–water partition coefficient (Wildman–Crippen LogP) is 4.61. The van der Waals surface area contributed by atoms with Crippen LogP contribution in [0.1, 0.15) is 36.7 Å². The van der Waals surface area contributed by atoms with Crippen LogP contribution in [0.5, 0.6) is 0 Å². The molecule has 0 fully saturated rings. The minimum Gasteiger partial charge on any atom is -0.340 e. The van der Waals surface area contributed by atoms with Crippen molar-refractivity contribution in [1.29, 1.82) is 0 Å². The summed E-state index contributed by atoms with van der Waals surface area (Å²) in [6.07, 6.45) is 0. The van der Waals surface area contributed by atoms with Gasteiger partial charge in [-0.1, -0.05) is 37.6 Å². The van der Waals surface area contributed by atoms with Gasteiger partial charge in [-0.25, -0.2) is 9.97 Å². The molecule has 1 aromatic heterocycles. The maximum atomic E-state index is 6.17. The smallest absolute Gasteiger partial charge is 0.138 e. The van der Waals surface area contributed by atoms with Crippen molar-refractivity contribution >= 4 is 23.1 Å². The highest BCUT2D eigenvalue weighted by atomic mass is 35.5. The monoisotopic (exact) mass is 275 g/mol. The maximum absolute atomic E-state index is 6.17. The van der Waals surface area contributed by atoms with E-state index in [1.165, 1.54) is 5.56 Å². The molecule has 1 heterocycles. The van der Waals surface area contributed by atoms with Crippen LogP contribution in [0.2, 0.25) is 5.15 Å². The summed E-state index contributed by atoms with van der Waals surface area (Å²) in [7, 11) is 0. The normalized spacial score (nSPS) is 10.8. The lowest BCUT2D eigenvalue weighted by atomic mass is 10.2. The van der Waals surface area contributed by atoms with Crippen molar-refractivity contribution in [2.75, 3.05) is 5.32 Å². The zero-order valence-corrected chi connectivity index (χ0v) is 12.4. The van der Waals surface area contributed by atoms with Gasteiger partial charge < -0.3 is 5.32 Å². The number of aryl methyl sites for hydroxylation is 1. The first kappa shape index (κ1) is 13.8. The molecular formula is C15H18ClN3. The number of halogens is 1. The van der Waals surface area contributed by atoms with E-state index in [2.05, 4.69) is 48.2 Å². The Hall–Kier alpha value is -1.61. The molecule has 2 rings (SSSR count). The SMILES string of the molecule is Cc1cccc(Nc2nc(C(C)C)nc(Cl)c2C)c1. The largest absolute Gasteiger partial charge is 0.340 e. The van der Waals surface area contributed by atoms with Gasteiger partial charge in [0.1, 0.15) is 16.8 Å². The average molecular weight is 276 g/mol.